The van der Waals surface area contributed by atoms with Crippen molar-refractivity contribution >= 4 is 17.8 Å². The summed E-state index contributed by atoms with van der Waals surface area (Å²) in [5.74, 6) is -1.62. The van der Waals surface area contributed by atoms with E-state index in [9.17, 15) is 19.5 Å². The van der Waals surface area contributed by atoms with Crippen LogP contribution in [0.5, 0.6) is 0 Å². The van der Waals surface area contributed by atoms with Gasteiger partial charge in [-0.25, -0.2) is 0 Å². The first-order chi connectivity index (χ1) is 16.5. The van der Waals surface area contributed by atoms with Gasteiger partial charge in [-0.1, -0.05) is 36.4 Å². The Morgan fingerprint density at radius 1 is 1.12 bits per heavy atom. The third-order valence-electron chi connectivity index (χ3n) is 6.88. The molecule has 2 aliphatic rings. The second kappa shape index (κ2) is 11.3. The van der Waals surface area contributed by atoms with E-state index in [4.69, 9.17) is 0 Å². The van der Waals surface area contributed by atoms with E-state index < -0.39 is 11.9 Å². The van der Waals surface area contributed by atoms with Crippen LogP contribution in [0.1, 0.15) is 52.7 Å². The molecule has 7 heteroatoms. The third kappa shape index (κ3) is 6.03. The number of fused-ring (bicyclic) bond motifs is 1. The third-order valence-corrected chi connectivity index (χ3v) is 6.88. The van der Waals surface area contributed by atoms with Crippen LogP contribution in [0.2, 0.25) is 0 Å². The Kier molecular flexibility index (Phi) is 7.95. The van der Waals surface area contributed by atoms with E-state index in [1.807, 2.05) is 41.3 Å². The van der Waals surface area contributed by atoms with Gasteiger partial charge in [0.25, 0.3) is 5.91 Å². The van der Waals surface area contributed by atoms with Crippen LogP contribution in [-0.4, -0.2) is 53.5 Å². The quantitative estimate of drug-likeness (QED) is 0.503. The summed E-state index contributed by atoms with van der Waals surface area (Å²) in [6.45, 7) is 2.79. The Balaban J connectivity index is 1.32. The average Bonchev–Trinajstić information content (AvgIpc) is 3.13. The van der Waals surface area contributed by atoms with E-state index in [0.29, 0.717) is 31.5 Å². The summed E-state index contributed by atoms with van der Waals surface area (Å²) in [7, 11) is 0. The Hall–Kier alpha value is -3.19. The van der Waals surface area contributed by atoms with Gasteiger partial charge in [-0.15, -0.1) is 0 Å². The maximum Gasteiger partial charge on any atom is 0.304 e. The lowest BCUT2D eigenvalue weighted by Crippen LogP contribution is -2.37. The van der Waals surface area contributed by atoms with E-state index in [1.165, 1.54) is 16.7 Å². The summed E-state index contributed by atoms with van der Waals surface area (Å²) in [5.41, 5.74) is 4.32. The summed E-state index contributed by atoms with van der Waals surface area (Å²) in [4.78, 5) is 38.7. The molecular formula is C27H33N3O4. The number of hydrogen-bond acceptors (Lipinski definition) is 4. The number of nitrogens with zero attached hydrogens (tertiary/aromatic N) is 1. The summed E-state index contributed by atoms with van der Waals surface area (Å²) >= 11 is 0. The monoisotopic (exact) mass is 463 g/mol. The first kappa shape index (κ1) is 24.0. The van der Waals surface area contributed by atoms with Crippen LogP contribution in [0.4, 0.5) is 0 Å². The number of carboxylic acids is 1. The molecule has 3 N–H and O–H groups in total. The number of carbonyl (C=O) groups is 3. The van der Waals surface area contributed by atoms with Crippen molar-refractivity contribution in [2.24, 2.45) is 5.92 Å². The molecule has 2 aromatic rings. The molecule has 2 atom stereocenters. The van der Waals surface area contributed by atoms with Crippen molar-refractivity contribution < 1.29 is 19.5 Å². The zero-order chi connectivity index (χ0) is 23.9. The molecule has 7 nitrogen and oxygen atoms in total. The molecule has 2 heterocycles. The molecule has 2 amide bonds. The summed E-state index contributed by atoms with van der Waals surface area (Å²) in [6.07, 6.45) is 3.67. The van der Waals surface area contributed by atoms with Crippen LogP contribution < -0.4 is 10.6 Å². The highest BCUT2D eigenvalue weighted by atomic mass is 16.4. The molecular weight excluding hydrogens is 430 g/mol. The van der Waals surface area contributed by atoms with E-state index in [-0.39, 0.29) is 24.3 Å². The largest absolute Gasteiger partial charge is 0.481 e. The number of nitrogens with one attached hydrogen (secondary N) is 2. The predicted octanol–water partition coefficient (Wildman–Crippen LogP) is 2.78. The van der Waals surface area contributed by atoms with Gasteiger partial charge in [-0.05, 0) is 67.5 Å². The number of amides is 2. The number of likely N-dealkylation sites (tertiary alicyclic amines) is 1. The zero-order valence-electron chi connectivity index (χ0n) is 19.5. The molecule has 0 unspecified atom stereocenters. The highest BCUT2D eigenvalue weighted by molar-refractivity contribution is 5.94. The number of carboxylic acid groups (broad SMARTS) is 1. The molecule has 0 spiro atoms. The van der Waals surface area contributed by atoms with Gasteiger partial charge < -0.3 is 20.6 Å². The van der Waals surface area contributed by atoms with Crippen molar-refractivity contribution in [3.8, 4) is 0 Å². The fraction of sp³-hybridized carbons (Fsp3) is 0.444. The van der Waals surface area contributed by atoms with Gasteiger partial charge in [0.15, 0.2) is 0 Å². The molecule has 1 saturated heterocycles. The van der Waals surface area contributed by atoms with Crippen molar-refractivity contribution in [1.82, 2.24) is 15.5 Å². The van der Waals surface area contributed by atoms with Gasteiger partial charge >= 0.3 is 5.97 Å². The lowest BCUT2D eigenvalue weighted by atomic mass is 9.98. The Bertz CT molecular complexity index is 1020. The van der Waals surface area contributed by atoms with E-state index in [0.717, 1.165) is 32.4 Å². The van der Waals surface area contributed by atoms with Crippen LogP contribution in [-0.2, 0) is 29.0 Å². The first-order valence-electron chi connectivity index (χ1n) is 12.2. The minimum atomic E-state index is -0.946. The molecule has 0 aliphatic carbocycles. The van der Waals surface area contributed by atoms with Crippen LogP contribution in [0.15, 0.2) is 48.5 Å². The highest BCUT2D eigenvalue weighted by Crippen LogP contribution is 2.29. The lowest BCUT2D eigenvalue weighted by Gasteiger charge is -2.25. The molecule has 0 aromatic heterocycles. The van der Waals surface area contributed by atoms with Crippen molar-refractivity contribution in [2.75, 3.05) is 19.6 Å². The summed E-state index contributed by atoms with van der Waals surface area (Å²) in [6, 6.07) is 15.9. The van der Waals surface area contributed by atoms with E-state index >= 15 is 0 Å². The fourth-order valence-corrected chi connectivity index (χ4v) is 5.09. The van der Waals surface area contributed by atoms with Crippen LogP contribution in [0, 0.1) is 5.92 Å². The smallest absolute Gasteiger partial charge is 0.304 e. The molecule has 180 valence electrons. The molecule has 4 rings (SSSR count). The minimum absolute atomic E-state index is 0.0549. The molecule has 0 radical (unpaired) electrons. The number of benzene rings is 2. The number of aryl methyl sites for hydroxylation is 1. The highest BCUT2D eigenvalue weighted by Gasteiger charge is 2.39. The minimum Gasteiger partial charge on any atom is -0.481 e. The molecule has 34 heavy (non-hydrogen) atoms. The molecule has 2 aliphatic heterocycles. The van der Waals surface area contributed by atoms with Gasteiger partial charge in [0.2, 0.25) is 5.91 Å². The normalized spacial score (nSPS) is 19.6. The van der Waals surface area contributed by atoms with E-state index in [1.54, 1.807) is 0 Å². The van der Waals surface area contributed by atoms with Crippen LogP contribution >= 0.6 is 0 Å². The zero-order valence-corrected chi connectivity index (χ0v) is 19.5. The van der Waals surface area contributed by atoms with Crippen molar-refractivity contribution in [3.05, 3.63) is 70.8 Å². The van der Waals surface area contributed by atoms with Crippen molar-refractivity contribution in [2.45, 2.75) is 51.1 Å². The van der Waals surface area contributed by atoms with Crippen molar-refractivity contribution in [3.63, 3.8) is 0 Å². The Labute approximate surface area is 200 Å². The number of hydrogen-bond donors (Lipinski definition) is 3. The maximum absolute atomic E-state index is 12.9. The predicted molar refractivity (Wildman–Crippen MR) is 129 cm³/mol. The number of rotatable bonds is 10. The van der Waals surface area contributed by atoms with Gasteiger partial charge in [-0.2, -0.15) is 0 Å². The van der Waals surface area contributed by atoms with E-state index in [2.05, 4.69) is 22.8 Å². The van der Waals surface area contributed by atoms with Gasteiger partial charge in [-0.3, -0.25) is 14.4 Å². The maximum atomic E-state index is 12.9. The molecule has 1 fully saturated rings. The summed E-state index contributed by atoms with van der Waals surface area (Å²) in [5, 5.41) is 15.5. The van der Waals surface area contributed by atoms with Crippen LogP contribution in [0.3, 0.4) is 0 Å². The number of aliphatic carboxylic acids is 1. The topological polar surface area (TPSA) is 98.7 Å². The Morgan fingerprint density at radius 2 is 1.94 bits per heavy atom. The molecule has 0 saturated carbocycles. The second-order valence-electron chi connectivity index (χ2n) is 9.26. The van der Waals surface area contributed by atoms with Crippen LogP contribution in [0.25, 0.3) is 0 Å². The Morgan fingerprint density at radius 3 is 2.74 bits per heavy atom. The van der Waals surface area contributed by atoms with Gasteiger partial charge in [0.05, 0.1) is 12.3 Å². The lowest BCUT2D eigenvalue weighted by molar-refractivity contribution is -0.142. The standard InChI is InChI=1S/C27H33N3O4/c31-25(32)17-22-16-24(30(27(22)34)14-4-7-19-5-2-1-3-6-19)11-13-29-26(33)21-9-8-20-10-12-28-18-23(20)15-21/h1-3,5-6,8-9,15,22,24,28H,4,7,10-14,16-18H2,(H,29,33)(H,31,32)/t22-,24+/m0/s1. The molecule has 2 aromatic carbocycles. The van der Waals surface area contributed by atoms with Gasteiger partial charge in [0.1, 0.15) is 0 Å². The average molecular weight is 464 g/mol. The first-order valence-corrected chi connectivity index (χ1v) is 12.2. The fourth-order valence-electron chi connectivity index (χ4n) is 5.09. The number of carbonyl (C=O) groups excluding carboxylic acids is 2. The SMILES string of the molecule is O=C(O)C[C@@H]1C[C@@H](CCNC(=O)c2ccc3c(c2)CNCC3)N(CCCc2ccccc2)C1=O. The molecule has 0 bridgehead atoms. The summed E-state index contributed by atoms with van der Waals surface area (Å²) < 4.78 is 0. The second-order valence-corrected chi connectivity index (χ2v) is 9.26. The van der Waals surface area contributed by atoms with Gasteiger partial charge in [0, 0.05) is 31.2 Å². The van der Waals surface area contributed by atoms with Crippen molar-refractivity contribution in [1.29, 1.82) is 0 Å².